The molecule has 1 unspecified atom stereocenters. The maximum absolute atomic E-state index is 12.9. The monoisotopic (exact) mass is 620 g/mol. The molecular formula is C28H40N6O10. The van der Waals surface area contributed by atoms with Crippen LogP contribution in [0.1, 0.15) is 35.2 Å². The SMILES string of the molecule is [N-]=[N+]=NCCOCCOCCOCCOCCOCCOCCC(=O)Nc1cccc2c1CN(C1CCC(=O)NC1=O)C2=O. The molecule has 242 valence electrons. The van der Waals surface area contributed by atoms with Crippen LogP contribution in [0.5, 0.6) is 0 Å². The molecule has 0 aliphatic carbocycles. The zero-order chi connectivity index (χ0) is 31.4. The Morgan fingerprint density at radius 2 is 1.45 bits per heavy atom. The third-order valence-electron chi connectivity index (χ3n) is 6.59. The Balaban J connectivity index is 1.15. The summed E-state index contributed by atoms with van der Waals surface area (Å²) in [5, 5.41) is 8.47. The highest BCUT2D eigenvalue weighted by Crippen LogP contribution is 2.32. The van der Waals surface area contributed by atoms with Crippen LogP contribution in [-0.4, -0.2) is 120 Å². The van der Waals surface area contributed by atoms with Crippen LogP contribution in [-0.2, 0) is 49.3 Å². The highest BCUT2D eigenvalue weighted by molar-refractivity contribution is 6.06. The van der Waals surface area contributed by atoms with E-state index < -0.39 is 11.9 Å². The van der Waals surface area contributed by atoms with E-state index in [0.29, 0.717) is 96.0 Å². The molecule has 1 aromatic rings. The number of azide groups is 1. The van der Waals surface area contributed by atoms with Crippen molar-refractivity contribution < 1.29 is 47.6 Å². The number of nitrogens with zero attached hydrogens (tertiary/aromatic N) is 4. The van der Waals surface area contributed by atoms with Crippen molar-refractivity contribution in [3.05, 3.63) is 39.8 Å². The average Bonchev–Trinajstić information content (AvgIpc) is 3.34. The van der Waals surface area contributed by atoms with Gasteiger partial charge in [-0.1, -0.05) is 11.2 Å². The van der Waals surface area contributed by atoms with Gasteiger partial charge in [0.1, 0.15) is 6.04 Å². The van der Waals surface area contributed by atoms with Crippen molar-refractivity contribution in [2.75, 3.05) is 91.1 Å². The fourth-order valence-corrected chi connectivity index (χ4v) is 4.43. The van der Waals surface area contributed by atoms with Crippen LogP contribution in [0.3, 0.4) is 0 Å². The molecule has 16 heteroatoms. The molecule has 1 aromatic carbocycles. The average molecular weight is 621 g/mol. The van der Waals surface area contributed by atoms with Gasteiger partial charge in [0, 0.05) is 41.2 Å². The summed E-state index contributed by atoms with van der Waals surface area (Å²) in [7, 11) is 0. The number of anilines is 1. The van der Waals surface area contributed by atoms with E-state index in [1.165, 1.54) is 4.90 Å². The minimum absolute atomic E-state index is 0.120. The van der Waals surface area contributed by atoms with E-state index in [4.69, 9.17) is 34.0 Å². The summed E-state index contributed by atoms with van der Waals surface area (Å²) in [6, 6.07) is 4.34. The van der Waals surface area contributed by atoms with Crippen LogP contribution in [0.25, 0.3) is 10.4 Å². The molecular weight excluding hydrogens is 580 g/mol. The molecule has 0 radical (unpaired) electrons. The first kappa shape index (κ1) is 34.9. The number of imide groups is 1. The maximum atomic E-state index is 12.9. The van der Waals surface area contributed by atoms with E-state index in [1.54, 1.807) is 18.2 Å². The van der Waals surface area contributed by atoms with E-state index in [0.717, 1.165) is 0 Å². The Morgan fingerprint density at radius 1 is 0.886 bits per heavy atom. The van der Waals surface area contributed by atoms with Gasteiger partial charge in [-0.3, -0.25) is 24.5 Å². The topological polar surface area (TPSA) is 200 Å². The number of amides is 4. The molecule has 1 atom stereocenters. The van der Waals surface area contributed by atoms with Crippen LogP contribution in [0.2, 0.25) is 0 Å². The molecule has 2 N–H and O–H groups in total. The molecule has 2 aliphatic rings. The minimum atomic E-state index is -0.718. The molecule has 44 heavy (non-hydrogen) atoms. The highest BCUT2D eigenvalue weighted by Gasteiger charge is 2.39. The van der Waals surface area contributed by atoms with Crippen molar-refractivity contribution in [1.29, 1.82) is 0 Å². The van der Waals surface area contributed by atoms with Gasteiger partial charge in [0.2, 0.25) is 17.7 Å². The van der Waals surface area contributed by atoms with Crippen molar-refractivity contribution in [2.24, 2.45) is 5.11 Å². The summed E-state index contributed by atoms with van der Waals surface area (Å²) in [6.07, 6.45) is 0.567. The lowest BCUT2D eigenvalue weighted by Gasteiger charge is -2.29. The predicted octanol–water partition coefficient (Wildman–Crippen LogP) is 1.19. The summed E-state index contributed by atoms with van der Waals surface area (Å²) in [5.41, 5.74) is 9.73. The standard InChI is InChI=1S/C28H40N6O10/c29-33-30-7-9-40-11-13-42-15-17-44-19-18-43-16-14-41-12-10-39-8-6-26(36)31-23-3-1-2-21-22(23)20-34(28(21)38)24-4-5-25(35)32-27(24)37/h1-3,24H,4-20H2,(H,31,36)(H,32,35,37). The largest absolute Gasteiger partial charge is 0.379 e. The molecule has 1 fully saturated rings. The van der Waals surface area contributed by atoms with Crippen molar-refractivity contribution >= 4 is 29.3 Å². The van der Waals surface area contributed by atoms with E-state index in [-0.39, 0.29) is 50.1 Å². The van der Waals surface area contributed by atoms with Crippen molar-refractivity contribution in [1.82, 2.24) is 10.2 Å². The van der Waals surface area contributed by atoms with Gasteiger partial charge >= 0.3 is 0 Å². The van der Waals surface area contributed by atoms with Crippen LogP contribution in [0.15, 0.2) is 23.3 Å². The second kappa shape index (κ2) is 20.3. The van der Waals surface area contributed by atoms with Crippen LogP contribution in [0, 0.1) is 0 Å². The van der Waals surface area contributed by atoms with E-state index >= 15 is 0 Å². The molecule has 4 amide bonds. The van der Waals surface area contributed by atoms with E-state index in [2.05, 4.69) is 20.7 Å². The van der Waals surface area contributed by atoms with E-state index in [9.17, 15) is 19.2 Å². The Kier molecular flexibility index (Phi) is 16.1. The van der Waals surface area contributed by atoms with Gasteiger partial charge in [-0.25, -0.2) is 0 Å². The van der Waals surface area contributed by atoms with Crippen molar-refractivity contribution in [3.63, 3.8) is 0 Å². The van der Waals surface area contributed by atoms with Gasteiger partial charge in [-0.15, -0.1) is 0 Å². The summed E-state index contributed by atoms with van der Waals surface area (Å²) < 4.78 is 32.3. The van der Waals surface area contributed by atoms with Gasteiger partial charge in [-0.05, 0) is 24.1 Å². The molecule has 2 heterocycles. The Hall–Kier alpha value is -3.63. The Labute approximate surface area is 255 Å². The smallest absolute Gasteiger partial charge is 0.255 e. The summed E-state index contributed by atoms with van der Waals surface area (Å²) >= 11 is 0. The lowest BCUT2D eigenvalue weighted by atomic mass is 10.0. The lowest BCUT2D eigenvalue weighted by Crippen LogP contribution is -2.52. The molecule has 0 aromatic heterocycles. The summed E-state index contributed by atoms with van der Waals surface area (Å²) in [6.45, 7) is 5.21. The van der Waals surface area contributed by atoms with Gasteiger partial charge in [0.05, 0.1) is 85.7 Å². The molecule has 0 bridgehead atoms. The Bertz CT molecular complexity index is 1150. The quantitative estimate of drug-likeness (QED) is 0.0589. The lowest BCUT2D eigenvalue weighted by molar-refractivity contribution is -0.137. The normalized spacial score (nSPS) is 16.0. The summed E-state index contributed by atoms with van der Waals surface area (Å²) in [4.78, 5) is 53.2. The number of nitrogens with one attached hydrogen (secondary N) is 2. The first-order valence-electron chi connectivity index (χ1n) is 14.5. The van der Waals surface area contributed by atoms with Crippen molar-refractivity contribution in [3.8, 4) is 0 Å². The molecule has 0 spiro atoms. The van der Waals surface area contributed by atoms with Crippen LogP contribution in [0.4, 0.5) is 5.69 Å². The Morgan fingerprint density at radius 3 is 2.02 bits per heavy atom. The molecule has 2 aliphatic heterocycles. The molecule has 16 nitrogen and oxygen atoms in total. The number of benzene rings is 1. The zero-order valence-corrected chi connectivity index (χ0v) is 24.7. The first-order valence-corrected chi connectivity index (χ1v) is 14.5. The van der Waals surface area contributed by atoms with Gasteiger partial charge in [-0.2, -0.15) is 0 Å². The van der Waals surface area contributed by atoms with Gasteiger partial charge < -0.3 is 38.6 Å². The minimum Gasteiger partial charge on any atom is -0.379 e. The second-order valence-electron chi connectivity index (χ2n) is 9.66. The third-order valence-corrected chi connectivity index (χ3v) is 6.59. The molecule has 0 saturated carbocycles. The fourth-order valence-electron chi connectivity index (χ4n) is 4.43. The number of hydrogen-bond donors (Lipinski definition) is 2. The number of rotatable bonds is 23. The van der Waals surface area contributed by atoms with Crippen LogP contribution < -0.4 is 10.6 Å². The number of carbonyl (C=O) groups excluding carboxylic acids is 4. The van der Waals surface area contributed by atoms with Crippen molar-refractivity contribution in [2.45, 2.75) is 31.8 Å². The number of hydrogen-bond acceptors (Lipinski definition) is 11. The van der Waals surface area contributed by atoms with Gasteiger partial charge in [0.25, 0.3) is 5.91 Å². The zero-order valence-electron chi connectivity index (χ0n) is 24.7. The number of ether oxygens (including phenoxy) is 6. The number of fused-ring (bicyclic) bond motifs is 1. The van der Waals surface area contributed by atoms with Crippen LogP contribution >= 0.6 is 0 Å². The second-order valence-corrected chi connectivity index (χ2v) is 9.66. The first-order chi connectivity index (χ1) is 21.5. The van der Waals surface area contributed by atoms with E-state index in [1.807, 2.05) is 0 Å². The predicted molar refractivity (Wildman–Crippen MR) is 155 cm³/mol. The molecule has 1 saturated heterocycles. The highest BCUT2D eigenvalue weighted by atomic mass is 16.6. The fraction of sp³-hybridized carbons (Fsp3) is 0.643. The maximum Gasteiger partial charge on any atom is 0.255 e. The van der Waals surface area contributed by atoms with Gasteiger partial charge in [0.15, 0.2) is 0 Å². The third kappa shape index (κ3) is 12.2. The summed E-state index contributed by atoms with van der Waals surface area (Å²) in [5.74, 6) is -1.38. The number of piperidine rings is 1. The molecule has 3 rings (SSSR count). The number of carbonyl (C=O) groups is 4.